The van der Waals surface area contributed by atoms with E-state index in [1.54, 1.807) is 7.05 Å². The standard InChI is InChI=1S/C12H16N6O4S/c1-15-3-7-9-10(14-23-13-9)12(18(21)22)6-16(2)4-8(12)11(7,5-15)17(19)20/h7-8H,3-6H2,1-2H3/t7-,8+,11+,12-/m0/s1. The monoisotopic (exact) mass is 340 g/mol. The zero-order valence-corrected chi connectivity index (χ0v) is 13.5. The number of fused-ring (bicyclic) bond motifs is 6. The molecule has 1 aromatic heterocycles. The maximum absolute atomic E-state index is 12.1. The van der Waals surface area contributed by atoms with E-state index in [1.165, 1.54) is 0 Å². The third-order valence-corrected chi connectivity index (χ3v) is 6.27. The summed E-state index contributed by atoms with van der Waals surface area (Å²) in [6, 6.07) is 0. The number of aromatic nitrogens is 2. The van der Waals surface area contributed by atoms with Gasteiger partial charge in [-0.3, -0.25) is 30.0 Å². The van der Waals surface area contributed by atoms with Crippen molar-refractivity contribution in [1.29, 1.82) is 0 Å². The van der Waals surface area contributed by atoms with Gasteiger partial charge in [0.1, 0.15) is 5.92 Å². The lowest BCUT2D eigenvalue weighted by atomic mass is 9.61. The summed E-state index contributed by atoms with van der Waals surface area (Å²) >= 11 is 0.918. The average molecular weight is 340 g/mol. The molecular formula is C12H16N6O4S. The molecule has 3 heterocycles. The second-order valence-corrected chi connectivity index (χ2v) is 7.45. The van der Waals surface area contributed by atoms with Crippen LogP contribution in [0.1, 0.15) is 17.3 Å². The van der Waals surface area contributed by atoms with E-state index < -0.39 is 22.9 Å². The second-order valence-electron chi connectivity index (χ2n) is 6.93. The molecule has 2 fully saturated rings. The molecule has 4 atom stereocenters. The number of nitro groups is 2. The van der Waals surface area contributed by atoms with Gasteiger partial charge in [-0.1, -0.05) is 0 Å². The van der Waals surface area contributed by atoms with Crippen LogP contribution in [0.3, 0.4) is 0 Å². The SMILES string of the molecule is CN1C[C@H]2c3nsnc3[C@]3([N+](=O)[O-])CN(C)C[C@@H]3[C@@]2([N+](=O)[O-])C1. The molecule has 23 heavy (non-hydrogen) atoms. The van der Waals surface area contributed by atoms with Crippen molar-refractivity contribution in [2.45, 2.75) is 17.0 Å². The first-order valence-electron chi connectivity index (χ1n) is 7.33. The number of hydrogen-bond acceptors (Lipinski definition) is 9. The van der Waals surface area contributed by atoms with E-state index in [0.717, 1.165) is 11.7 Å². The van der Waals surface area contributed by atoms with Gasteiger partial charge in [-0.15, -0.1) is 0 Å². The molecule has 0 saturated carbocycles. The van der Waals surface area contributed by atoms with Crippen LogP contribution in [0.15, 0.2) is 0 Å². The molecule has 2 saturated heterocycles. The summed E-state index contributed by atoms with van der Waals surface area (Å²) in [7, 11) is 3.58. The topological polar surface area (TPSA) is 119 Å². The molecular weight excluding hydrogens is 324 g/mol. The summed E-state index contributed by atoms with van der Waals surface area (Å²) in [6.07, 6.45) is 0. The molecule has 0 unspecified atom stereocenters. The van der Waals surface area contributed by atoms with Crippen LogP contribution in [-0.2, 0) is 5.54 Å². The van der Waals surface area contributed by atoms with Crippen LogP contribution in [0, 0.1) is 26.1 Å². The molecule has 11 heteroatoms. The summed E-state index contributed by atoms with van der Waals surface area (Å²) in [5, 5.41) is 24.2. The van der Waals surface area contributed by atoms with E-state index in [0.29, 0.717) is 24.5 Å². The Kier molecular flexibility index (Phi) is 2.86. The van der Waals surface area contributed by atoms with Gasteiger partial charge in [0.15, 0.2) is 5.69 Å². The van der Waals surface area contributed by atoms with Crippen LogP contribution in [0.25, 0.3) is 0 Å². The van der Waals surface area contributed by atoms with Gasteiger partial charge >= 0.3 is 0 Å². The predicted octanol–water partition coefficient (Wildman–Crippen LogP) is -0.370. The highest BCUT2D eigenvalue weighted by molar-refractivity contribution is 6.99. The van der Waals surface area contributed by atoms with E-state index >= 15 is 0 Å². The maximum atomic E-state index is 12.1. The lowest BCUT2D eigenvalue weighted by molar-refractivity contribution is -0.635. The molecule has 3 aliphatic rings. The maximum Gasteiger partial charge on any atom is 0.289 e. The summed E-state index contributed by atoms with van der Waals surface area (Å²) in [6.45, 7) is 1.14. The van der Waals surface area contributed by atoms with E-state index in [2.05, 4.69) is 8.75 Å². The Bertz CT molecular complexity index is 711. The van der Waals surface area contributed by atoms with Gasteiger partial charge in [-0.2, -0.15) is 8.75 Å². The van der Waals surface area contributed by atoms with Gasteiger partial charge in [0.25, 0.3) is 11.1 Å². The number of likely N-dealkylation sites (N-methyl/N-ethyl adjacent to an activating group) is 2. The van der Waals surface area contributed by atoms with Gasteiger partial charge < -0.3 is 0 Å². The molecule has 0 amide bonds. The molecule has 0 aromatic carbocycles. The summed E-state index contributed by atoms with van der Waals surface area (Å²) in [5.41, 5.74) is -2.11. The predicted molar refractivity (Wildman–Crippen MR) is 79.5 cm³/mol. The van der Waals surface area contributed by atoms with Crippen molar-refractivity contribution < 1.29 is 9.85 Å². The van der Waals surface area contributed by atoms with Crippen LogP contribution >= 0.6 is 11.7 Å². The molecule has 0 N–H and O–H groups in total. The molecule has 0 radical (unpaired) electrons. The minimum absolute atomic E-state index is 0.134. The quantitative estimate of drug-likeness (QED) is 0.528. The molecule has 0 bridgehead atoms. The van der Waals surface area contributed by atoms with Crippen LogP contribution in [0.4, 0.5) is 0 Å². The van der Waals surface area contributed by atoms with Gasteiger partial charge in [0.2, 0.25) is 0 Å². The normalized spacial score (nSPS) is 39.7. The Balaban J connectivity index is 2.04. The van der Waals surface area contributed by atoms with Crippen LogP contribution in [-0.4, -0.2) is 74.2 Å². The molecule has 0 spiro atoms. The lowest BCUT2D eigenvalue weighted by Crippen LogP contribution is -2.63. The Morgan fingerprint density at radius 1 is 1.13 bits per heavy atom. The smallest absolute Gasteiger partial charge is 0.289 e. The summed E-state index contributed by atoms with van der Waals surface area (Å²) < 4.78 is 8.48. The van der Waals surface area contributed by atoms with Gasteiger partial charge in [-0.05, 0) is 14.1 Å². The van der Waals surface area contributed by atoms with Crippen molar-refractivity contribution >= 4 is 11.7 Å². The lowest BCUT2D eigenvalue weighted by Gasteiger charge is -2.39. The van der Waals surface area contributed by atoms with E-state index in [1.807, 2.05) is 16.8 Å². The zero-order chi connectivity index (χ0) is 16.6. The molecule has 1 aromatic rings. The highest BCUT2D eigenvalue weighted by Gasteiger charge is 2.79. The Morgan fingerprint density at radius 3 is 2.48 bits per heavy atom. The van der Waals surface area contributed by atoms with Gasteiger partial charge in [-0.25, -0.2) is 0 Å². The molecule has 2 aliphatic heterocycles. The fourth-order valence-corrected chi connectivity index (χ4v) is 5.60. The van der Waals surface area contributed by atoms with Crippen molar-refractivity contribution in [3.8, 4) is 0 Å². The first-order valence-corrected chi connectivity index (χ1v) is 8.06. The fourth-order valence-electron chi connectivity index (χ4n) is 4.92. The Hall–Kier alpha value is -1.72. The fraction of sp³-hybridized carbons (Fsp3) is 0.833. The van der Waals surface area contributed by atoms with Crippen molar-refractivity contribution in [3.63, 3.8) is 0 Å². The van der Waals surface area contributed by atoms with E-state index in [-0.39, 0.29) is 22.9 Å². The average Bonchev–Trinajstić information content (AvgIpc) is 3.12. The molecule has 124 valence electrons. The second kappa shape index (κ2) is 4.42. The minimum Gasteiger partial charge on any atom is -0.299 e. The highest BCUT2D eigenvalue weighted by atomic mass is 32.1. The zero-order valence-electron chi connectivity index (χ0n) is 12.7. The number of likely N-dealkylation sites (tertiary alicyclic amines) is 2. The Morgan fingerprint density at radius 2 is 1.83 bits per heavy atom. The molecule has 1 aliphatic carbocycles. The highest BCUT2D eigenvalue weighted by Crippen LogP contribution is 2.58. The number of hydrogen-bond donors (Lipinski definition) is 0. The van der Waals surface area contributed by atoms with Crippen LogP contribution < -0.4 is 0 Å². The van der Waals surface area contributed by atoms with Crippen LogP contribution in [0.2, 0.25) is 0 Å². The summed E-state index contributed by atoms with van der Waals surface area (Å²) in [4.78, 5) is 27.3. The third-order valence-electron chi connectivity index (χ3n) is 5.73. The van der Waals surface area contributed by atoms with Crippen LogP contribution in [0.5, 0.6) is 0 Å². The third kappa shape index (κ3) is 1.54. The first-order chi connectivity index (χ1) is 10.8. The van der Waals surface area contributed by atoms with Crippen molar-refractivity contribution in [2.75, 3.05) is 40.3 Å². The number of rotatable bonds is 2. The van der Waals surface area contributed by atoms with Gasteiger partial charge in [0, 0.05) is 22.9 Å². The minimum atomic E-state index is -1.54. The van der Waals surface area contributed by atoms with Gasteiger partial charge in [0.05, 0.1) is 36.4 Å². The molecule has 4 rings (SSSR count). The summed E-state index contributed by atoms with van der Waals surface area (Å²) in [5.74, 6) is -1.16. The van der Waals surface area contributed by atoms with Crippen molar-refractivity contribution in [2.24, 2.45) is 5.92 Å². The molecule has 10 nitrogen and oxygen atoms in total. The van der Waals surface area contributed by atoms with E-state index in [4.69, 9.17) is 0 Å². The number of nitrogens with zero attached hydrogens (tertiary/aromatic N) is 6. The van der Waals surface area contributed by atoms with Crippen molar-refractivity contribution in [1.82, 2.24) is 18.5 Å². The van der Waals surface area contributed by atoms with E-state index in [9.17, 15) is 20.2 Å². The Labute approximate surface area is 135 Å². The first kappa shape index (κ1) is 14.8. The van der Waals surface area contributed by atoms with Crippen molar-refractivity contribution in [3.05, 3.63) is 31.6 Å². The largest absolute Gasteiger partial charge is 0.299 e.